The summed E-state index contributed by atoms with van der Waals surface area (Å²) in [6.45, 7) is 5.71. The number of rotatable bonds is 10. The molecule has 0 unspecified atom stereocenters. The lowest BCUT2D eigenvalue weighted by molar-refractivity contribution is -0.114. The Kier molecular flexibility index (Phi) is 8.50. The van der Waals surface area contributed by atoms with Gasteiger partial charge in [0.05, 0.1) is 12.8 Å². The Bertz CT molecular complexity index is 1510. The van der Waals surface area contributed by atoms with Crippen LogP contribution in [-0.2, 0) is 17.6 Å². The van der Waals surface area contributed by atoms with Crippen LogP contribution in [0.2, 0.25) is 0 Å². The van der Waals surface area contributed by atoms with Crippen molar-refractivity contribution in [3.63, 3.8) is 0 Å². The molecule has 0 saturated carbocycles. The predicted octanol–water partition coefficient (Wildman–Crippen LogP) is 6.91. The highest BCUT2D eigenvalue weighted by molar-refractivity contribution is 5.91. The summed E-state index contributed by atoms with van der Waals surface area (Å²) < 4.78 is 19.5. The van der Waals surface area contributed by atoms with Crippen molar-refractivity contribution in [2.75, 3.05) is 30.4 Å². The number of halogens is 1. The first-order valence-electron chi connectivity index (χ1n) is 13.6. The summed E-state index contributed by atoms with van der Waals surface area (Å²) in [5.41, 5.74) is 5.97. The van der Waals surface area contributed by atoms with Gasteiger partial charge in [0, 0.05) is 54.6 Å². The molecule has 40 heavy (non-hydrogen) atoms. The summed E-state index contributed by atoms with van der Waals surface area (Å²) in [6.07, 6.45) is 7.43. The first-order chi connectivity index (χ1) is 19.5. The second kappa shape index (κ2) is 12.6. The molecule has 0 aliphatic carbocycles. The molecule has 204 valence electrons. The molecule has 0 amide bonds. The van der Waals surface area contributed by atoms with Crippen molar-refractivity contribution in [2.45, 2.75) is 32.1 Å². The van der Waals surface area contributed by atoms with Gasteiger partial charge in [-0.25, -0.2) is 14.4 Å². The van der Waals surface area contributed by atoms with Crippen molar-refractivity contribution in [1.29, 1.82) is 0 Å². The van der Waals surface area contributed by atoms with Crippen molar-refractivity contribution >= 4 is 23.1 Å². The number of carbonyl (C=O) groups excluding carboxylic acids is 1. The average molecular weight is 537 g/mol. The number of piperidine rings is 1. The maximum absolute atomic E-state index is 14.0. The van der Waals surface area contributed by atoms with Crippen molar-refractivity contribution in [3.8, 4) is 17.0 Å². The average Bonchev–Trinajstić information content (AvgIpc) is 2.98. The second-order valence-electron chi connectivity index (χ2n) is 10.0. The standard InChI is InChI=1S/C33H33FN4O2/c1-3-30(39)18-24-16-25(20-31(19-24)40-2)32-26(15-23-9-7-10-27(34)17-23)22-35-33(37-32)36-28-11-8-12-29(21-28)38-13-5-4-6-14-38/h3,7-12,16-17,19-22H,1,4-6,13-15,18H2,2H3,(H,35,36,37). The molecule has 4 aromatic rings. The lowest BCUT2D eigenvalue weighted by atomic mass is 9.98. The molecule has 0 bridgehead atoms. The molecule has 2 heterocycles. The summed E-state index contributed by atoms with van der Waals surface area (Å²) in [6, 6.07) is 20.5. The van der Waals surface area contributed by atoms with Gasteiger partial charge in [-0.2, -0.15) is 0 Å². The van der Waals surface area contributed by atoms with E-state index in [9.17, 15) is 9.18 Å². The van der Waals surface area contributed by atoms with Crippen molar-refractivity contribution in [2.24, 2.45) is 0 Å². The fourth-order valence-corrected chi connectivity index (χ4v) is 5.07. The highest BCUT2D eigenvalue weighted by Crippen LogP contribution is 2.31. The fourth-order valence-electron chi connectivity index (χ4n) is 5.07. The number of ketones is 1. The zero-order valence-electron chi connectivity index (χ0n) is 22.7. The first-order valence-corrected chi connectivity index (χ1v) is 13.6. The predicted molar refractivity (Wildman–Crippen MR) is 158 cm³/mol. The Labute approximate surface area is 234 Å². The van der Waals surface area contributed by atoms with Gasteiger partial charge >= 0.3 is 0 Å². The zero-order valence-corrected chi connectivity index (χ0v) is 22.7. The molecule has 1 aliphatic heterocycles. The van der Waals surface area contributed by atoms with Crippen LogP contribution < -0.4 is 15.0 Å². The van der Waals surface area contributed by atoms with Crippen LogP contribution in [0.5, 0.6) is 5.75 Å². The van der Waals surface area contributed by atoms with E-state index in [4.69, 9.17) is 9.72 Å². The number of hydrogen-bond donors (Lipinski definition) is 1. The van der Waals surface area contributed by atoms with Gasteiger partial charge in [-0.15, -0.1) is 0 Å². The second-order valence-corrected chi connectivity index (χ2v) is 10.0. The number of ether oxygens (including phenoxy) is 1. The van der Waals surface area contributed by atoms with Crippen LogP contribution in [0.15, 0.2) is 85.6 Å². The normalized spacial score (nSPS) is 13.1. The van der Waals surface area contributed by atoms with E-state index < -0.39 is 0 Å². The van der Waals surface area contributed by atoms with E-state index in [1.807, 2.05) is 36.4 Å². The van der Waals surface area contributed by atoms with E-state index in [2.05, 4.69) is 33.9 Å². The number of nitrogens with zero attached hydrogens (tertiary/aromatic N) is 3. The third kappa shape index (κ3) is 6.72. The molecule has 3 aromatic carbocycles. The molecule has 1 aromatic heterocycles. The van der Waals surface area contributed by atoms with Crippen LogP contribution in [-0.4, -0.2) is 36.0 Å². The van der Waals surface area contributed by atoms with E-state index in [1.165, 1.54) is 43.2 Å². The SMILES string of the molecule is C=CC(=O)Cc1cc(OC)cc(-c2nc(Nc3cccc(N4CCCCC4)c3)ncc2Cc2cccc(F)c2)c1. The highest BCUT2D eigenvalue weighted by atomic mass is 19.1. The Morgan fingerprint density at radius 2 is 1.88 bits per heavy atom. The molecule has 5 rings (SSSR count). The number of hydrogen-bond acceptors (Lipinski definition) is 6. The van der Waals surface area contributed by atoms with Crippen molar-refractivity contribution in [3.05, 3.63) is 108 Å². The quantitative estimate of drug-likeness (QED) is 0.222. The first kappa shape index (κ1) is 27.1. The molecule has 1 fully saturated rings. The largest absolute Gasteiger partial charge is 0.497 e. The molecule has 0 spiro atoms. The summed E-state index contributed by atoms with van der Waals surface area (Å²) >= 11 is 0. The Morgan fingerprint density at radius 1 is 1.05 bits per heavy atom. The number of anilines is 3. The van der Waals surface area contributed by atoms with Gasteiger partial charge in [0.1, 0.15) is 11.6 Å². The maximum Gasteiger partial charge on any atom is 0.227 e. The molecule has 0 atom stereocenters. The van der Waals surface area contributed by atoms with Crippen LogP contribution >= 0.6 is 0 Å². The van der Waals surface area contributed by atoms with E-state index >= 15 is 0 Å². The molecular weight excluding hydrogens is 503 g/mol. The minimum Gasteiger partial charge on any atom is -0.497 e. The van der Waals surface area contributed by atoms with Gasteiger partial charge in [-0.3, -0.25) is 4.79 Å². The van der Waals surface area contributed by atoms with E-state index in [-0.39, 0.29) is 18.0 Å². The molecular formula is C33H33FN4O2. The Hall–Kier alpha value is -4.52. The lowest BCUT2D eigenvalue weighted by Crippen LogP contribution is -2.29. The maximum atomic E-state index is 14.0. The Morgan fingerprint density at radius 3 is 2.65 bits per heavy atom. The summed E-state index contributed by atoms with van der Waals surface area (Å²) in [5, 5.41) is 3.37. The molecule has 1 N–H and O–H groups in total. The molecule has 7 heteroatoms. The Balaban J connectivity index is 1.52. The van der Waals surface area contributed by atoms with Crippen LogP contribution in [0.4, 0.5) is 21.7 Å². The van der Waals surface area contributed by atoms with E-state index in [1.54, 1.807) is 19.4 Å². The number of aromatic nitrogens is 2. The topological polar surface area (TPSA) is 67.3 Å². The van der Waals surface area contributed by atoms with Crippen molar-refractivity contribution in [1.82, 2.24) is 9.97 Å². The number of methoxy groups -OCH3 is 1. The van der Waals surface area contributed by atoms with Gasteiger partial charge in [-0.1, -0.05) is 24.8 Å². The van der Waals surface area contributed by atoms with Gasteiger partial charge in [0.2, 0.25) is 5.95 Å². The highest BCUT2D eigenvalue weighted by Gasteiger charge is 2.16. The van der Waals surface area contributed by atoms with E-state index in [0.717, 1.165) is 41.0 Å². The number of benzene rings is 3. The molecule has 0 radical (unpaired) electrons. The van der Waals surface area contributed by atoms with Crippen LogP contribution in [0, 0.1) is 5.82 Å². The van der Waals surface area contributed by atoms with Crippen LogP contribution in [0.1, 0.15) is 36.0 Å². The van der Waals surface area contributed by atoms with E-state index in [0.29, 0.717) is 23.8 Å². The number of nitrogens with one attached hydrogen (secondary N) is 1. The van der Waals surface area contributed by atoms with Crippen LogP contribution in [0.3, 0.4) is 0 Å². The third-order valence-electron chi connectivity index (χ3n) is 7.05. The van der Waals surface area contributed by atoms with Gasteiger partial charge in [0.15, 0.2) is 5.78 Å². The fraction of sp³-hybridized carbons (Fsp3) is 0.242. The van der Waals surface area contributed by atoms with Gasteiger partial charge in [-0.05, 0) is 85.0 Å². The lowest BCUT2D eigenvalue weighted by Gasteiger charge is -2.29. The zero-order chi connectivity index (χ0) is 27.9. The monoisotopic (exact) mass is 536 g/mol. The minimum atomic E-state index is -0.293. The van der Waals surface area contributed by atoms with Crippen LogP contribution in [0.25, 0.3) is 11.3 Å². The third-order valence-corrected chi connectivity index (χ3v) is 7.05. The molecule has 6 nitrogen and oxygen atoms in total. The number of carbonyl (C=O) groups is 1. The minimum absolute atomic E-state index is 0.0854. The summed E-state index contributed by atoms with van der Waals surface area (Å²) in [7, 11) is 1.59. The smallest absolute Gasteiger partial charge is 0.227 e. The van der Waals surface area contributed by atoms with Crippen molar-refractivity contribution < 1.29 is 13.9 Å². The molecule has 1 aliphatic rings. The molecule has 1 saturated heterocycles. The summed E-state index contributed by atoms with van der Waals surface area (Å²) in [4.78, 5) is 24.1. The number of allylic oxidation sites excluding steroid dienone is 1. The van der Waals surface area contributed by atoms with Gasteiger partial charge < -0.3 is 15.0 Å². The summed E-state index contributed by atoms with van der Waals surface area (Å²) in [5.74, 6) is 0.681. The van der Waals surface area contributed by atoms with Gasteiger partial charge in [0.25, 0.3) is 0 Å².